The Morgan fingerprint density at radius 2 is 1.92 bits per heavy atom. The molecule has 0 aliphatic heterocycles. The van der Waals surface area contributed by atoms with Crippen molar-refractivity contribution in [1.82, 2.24) is 14.8 Å². The zero-order valence-electron chi connectivity index (χ0n) is 15.8. The molecule has 2 rings (SSSR count). The number of amides is 1. The molecule has 1 aromatic heterocycles. The first-order valence-electron chi connectivity index (χ1n) is 8.38. The number of rotatable bonds is 6. The van der Waals surface area contributed by atoms with Gasteiger partial charge in [-0.15, -0.1) is 24.0 Å². The zero-order valence-corrected chi connectivity index (χ0v) is 18.2. The van der Waals surface area contributed by atoms with Crippen LogP contribution in [0.5, 0.6) is 0 Å². The van der Waals surface area contributed by atoms with Crippen LogP contribution in [-0.2, 0) is 24.8 Å². The van der Waals surface area contributed by atoms with Crippen LogP contribution in [0.4, 0.5) is 5.69 Å². The Kier molecular flexibility index (Phi) is 9.18. The van der Waals surface area contributed by atoms with Crippen LogP contribution in [-0.4, -0.2) is 42.0 Å². The van der Waals surface area contributed by atoms with E-state index in [0.29, 0.717) is 0 Å². The SMILES string of the molecule is CN=C(NCCc1ccc(NC(C)=O)cc1)N(C)Cc1cccn1C.I. The van der Waals surface area contributed by atoms with Crippen molar-refractivity contribution >= 4 is 41.5 Å². The van der Waals surface area contributed by atoms with E-state index in [1.165, 1.54) is 18.2 Å². The van der Waals surface area contributed by atoms with Gasteiger partial charge in [-0.3, -0.25) is 9.79 Å². The zero-order chi connectivity index (χ0) is 18.2. The van der Waals surface area contributed by atoms with Gasteiger partial charge in [0.1, 0.15) is 0 Å². The first-order valence-corrected chi connectivity index (χ1v) is 8.38. The third-order valence-electron chi connectivity index (χ3n) is 3.99. The van der Waals surface area contributed by atoms with Gasteiger partial charge in [0.15, 0.2) is 5.96 Å². The highest BCUT2D eigenvalue weighted by Crippen LogP contribution is 2.10. The minimum Gasteiger partial charge on any atom is -0.356 e. The van der Waals surface area contributed by atoms with Crippen LogP contribution in [0.2, 0.25) is 0 Å². The van der Waals surface area contributed by atoms with Crippen molar-refractivity contribution in [3.05, 3.63) is 53.9 Å². The van der Waals surface area contributed by atoms with Gasteiger partial charge >= 0.3 is 0 Å². The fourth-order valence-corrected chi connectivity index (χ4v) is 2.64. The van der Waals surface area contributed by atoms with Gasteiger partial charge < -0.3 is 20.1 Å². The molecular weight excluding hydrogens is 441 g/mol. The van der Waals surface area contributed by atoms with E-state index in [1.54, 1.807) is 7.05 Å². The molecule has 0 aliphatic rings. The molecule has 142 valence electrons. The molecule has 26 heavy (non-hydrogen) atoms. The van der Waals surface area contributed by atoms with Gasteiger partial charge in [0.05, 0.1) is 6.54 Å². The number of nitrogens with zero attached hydrogens (tertiary/aromatic N) is 3. The predicted octanol–water partition coefficient (Wildman–Crippen LogP) is 2.85. The molecule has 0 spiro atoms. The van der Waals surface area contributed by atoms with E-state index in [9.17, 15) is 4.79 Å². The Morgan fingerprint density at radius 1 is 1.23 bits per heavy atom. The molecule has 0 bridgehead atoms. The summed E-state index contributed by atoms with van der Waals surface area (Å²) in [5, 5.41) is 6.17. The van der Waals surface area contributed by atoms with Gasteiger partial charge in [0.25, 0.3) is 0 Å². The van der Waals surface area contributed by atoms with E-state index in [-0.39, 0.29) is 29.9 Å². The van der Waals surface area contributed by atoms with Crippen molar-refractivity contribution in [2.45, 2.75) is 19.9 Å². The summed E-state index contributed by atoms with van der Waals surface area (Å²) in [6.45, 7) is 3.10. The second-order valence-corrected chi connectivity index (χ2v) is 6.07. The highest BCUT2D eigenvalue weighted by Gasteiger charge is 2.08. The van der Waals surface area contributed by atoms with Crippen molar-refractivity contribution in [2.75, 3.05) is 26.0 Å². The molecule has 6 nitrogen and oxygen atoms in total. The van der Waals surface area contributed by atoms with E-state index >= 15 is 0 Å². The third kappa shape index (κ3) is 6.70. The van der Waals surface area contributed by atoms with Crippen molar-refractivity contribution in [3.63, 3.8) is 0 Å². The maximum absolute atomic E-state index is 11.0. The molecule has 0 saturated carbocycles. The second-order valence-electron chi connectivity index (χ2n) is 6.07. The molecule has 2 aromatic rings. The number of halogens is 1. The molecule has 0 saturated heterocycles. The Morgan fingerprint density at radius 3 is 2.46 bits per heavy atom. The van der Waals surface area contributed by atoms with E-state index < -0.39 is 0 Å². The molecule has 1 aromatic carbocycles. The summed E-state index contributed by atoms with van der Waals surface area (Å²) >= 11 is 0. The topological polar surface area (TPSA) is 61.7 Å². The Bertz CT molecular complexity index is 724. The van der Waals surface area contributed by atoms with Crippen molar-refractivity contribution in [3.8, 4) is 0 Å². The van der Waals surface area contributed by atoms with Gasteiger partial charge in [-0.2, -0.15) is 0 Å². The number of nitrogens with one attached hydrogen (secondary N) is 2. The van der Waals surface area contributed by atoms with E-state index in [0.717, 1.165) is 31.2 Å². The maximum Gasteiger partial charge on any atom is 0.221 e. The van der Waals surface area contributed by atoms with Gasteiger partial charge in [0.2, 0.25) is 5.91 Å². The van der Waals surface area contributed by atoms with Gasteiger partial charge in [0, 0.05) is 52.2 Å². The molecule has 1 amide bonds. The number of benzene rings is 1. The van der Waals surface area contributed by atoms with Gasteiger partial charge in [-0.25, -0.2) is 0 Å². The van der Waals surface area contributed by atoms with Crippen molar-refractivity contribution < 1.29 is 4.79 Å². The number of hydrogen-bond acceptors (Lipinski definition) is 2. The van der Waals surface area contributed by atoms with Crippen LogP contribution in [0.3, 0.4) is 0 Å². The average molecular weight is 469 g/mol. The van der Waals surface area contributed by atoms with Crippen molar-refractivity contribution in [2.24, 2.45) is 12.0 Å². The normalized spacial score (nSPS) is 10.8. The number of hydrogen-bond donors (Lipinski definition) is 2. The lowest BCUT2D eigenvalue weighted by Gasteiger charge is -2.22. The summed E-state index contributed by atoms with van der Waals surface area (Å²) in [5.74, 6) is 0.815. The van der Waals surface area contributed by atoms with E-state index in [4.69, 9.17) is 0 Å². The summed E-state index contributed by atoms with van der Waals surface area (Å²) in [4.78, 5) is 17.5. The lowest BCUT2D eigenvalue weighted by molar-refractivity contribution is -0.114. The number of guanidine groups is 1. The number of aromatic nitrogens is 1. The number of carbonyl (C=O) groups is 1. The van der Waals surface area contributed by atoms with Crippen LogP contribution in [0.1, 0.15) is 18.2 Å². The largest absolute Gasteiger partial charge is 0.356 e. The minimum absolute atomic E-state index is 0. The molecular formula is C19H28IN5O. The number of carbonyl (C=O) groups excluding carboxylic acids is 1. The highest BCUT2D eigenvalue weighted by atomic mass is 127. The molecule has 1 heterocycles. The lowest BCUT2D eigenvalue weighted by atomic mass is 10.1. The van der Waals surface area contributed by atoms with Gasteiger partial charge in [-0.05, 0) is 36.2 Å². The van der Waals surface area contributed by atoms with Crippen LogP contribution < -0.4 is 10.6 Å². The van der Waals surface area contributed by atoms with Crippen LogP contribution in [0.25, 0.3) is 0 Å². The summed E-state index contributed by atoms with van der Waals surface area (Å²) in [6.07, 6.45) is 2.93. The third-order valence-corrected chi connectivity index (χ3v) is 3.99. The number of aliphatic imine (C=N–C) groups is 1. The van der Waals surface area contributed by atoms with Crippen molar-refractivity contribution in [1.29, 1.82) is 0 Å². The molecule has 0 aliphatic carbocycles. The fourth-order valence-electron chi connectivity index (χ4n) is 2.64. The quantitative estimate of drug-likeness (QED) is 0.389. The molecule has 2 N–H and O–H groups in total. The Balaban J connectivity index is 0.00000338. The first kappa shape index (κ1) is 22.0. The summed E-state index contributed by atoms with van der Waals surface area (Å²) in [7, 11) is 5.88. The number of anilines is 1. The summed E-state index contributed by atoms with van der Waals surface area (Å²) in [6, 6.07) is 12.1. The summed E-state index contributed by atoms with van der Waals surface area (Å²) in [5.41, 5.74) is 3.27. The van der Waals surface area contributed by atoms with Crippen LogP contribution in [0, 0.1) is 0 Å². The molecule has 0 radical (unpaired) electrons. The highest BCUT2D eigenvalue weighted by molar-refractivity contribution is 14.0. The summed E-state index contributed by atoms with van der Waals surface area (Å²) < 4.78 is 2.11. The van der Waals surface area contributed by atoms with E-state index in [2.05, 4.69) is 31.2 Å². The first-order chi connectivity index (χ1) is 12.0. The molecule has 0 unspecified atom stereocenters. The Labute approximate surface area is 172 Å². The molecule has 0 fully saturated rings. The minimum atomic E-state index is -0.0560. The fraction of sp³-hybridized carbons (Fsp3) is 0.368. The van der Waals surface area contributed by atoms with E-state index in [1.807, 2.05) is 50.6 Å². The van der Waals surface area contributed by atoms with Crippen LogP contribution >= 0.6 is 24.0 Å². The second kappa shape index (κ2) is 10.8. The smallest absolute Gasteiger partial charge is 0.221 e. The molecule has 7 heteroatoms. The lowest BCUT2D eigenvalue weighted by Crippen LogP contribution is -2.39. The van der Waals surface area contributed by atoms with Crippen LogP contribution in [0.15, 0.2) is 47.6 Å². The number of aryl methyl sites for hydroxylation is 1. The monoisotopic (exact) mass is 469 g/mol. The van der Waals surface area contributed by atoms with Gasteiger partial charge in [-0.1, -0.05) is 12.1 Å². The Hall–Kier alpha value is -2.03. The predicted molar refractivity (Wildman–Crippen MR) is 118 cm³/mol. The average Bonchev–Trinajstić information content (AvgIpc) is 2.97. The maximum atomic E-state index is 11.0. The standard InChI is InChI=1S/C19H27N5O.HI/c1-15(25)22-17-9-7-16(8-10-17)11-12-21-19(20-2)24(4)14-18-6-5-13-23(18)3;/h5-10,13H,11-12,14H2,1-4H3,(H,20,21)(H,22,25);1H. The molecule has 0 atom stereocenters.